The Hall–Kier alpha value is -1.79. The SMILES string of the molecule is COc1cc(CNCCNCC(C)O)ccc1OCc1ccccc1Cl. The molecule has 1 atom stereocenters. The highest BCUT2D eigenvalue weighted by atomic mass is 35.5. The maximum atomic E-state index is 9.19. The second kappa shape index (κ2) is 11.0. The maximum absolute atomic E-state index is 9.19. The van der Waals surface area contributed by atoms with Crippen molar-refractivity contribution < 1.29 is 14.6 Å². The highest BCUT2D eigenvalue weighted by molar-refractivity contribution is 6.31. The first-order chi connectivity index (χ1) is 12.6. The molecule has 0 aliphatic heterocycles. The summed E-state index contributed by atoms with van der Waals surface area (Å²) < 4.78 is 11.3. The van der Waals surface area contributed by atoms with Crippen LogP contribution in [-0.4, -0.2) is 38.0 Å². The summed E-state index contributed by atoms with van der Waals surface area (Å²) in [6, 6.07) is 13.5. The summed E-state index contributed by atoms with van der Waals surface area (Å²) in [5, 5.41) is 16.4. The van der Waals surface area contributed by atoms with Crippen LogP contribution in [0, 0.1) is 0 Å². The van der Waals surface area contributed by atoms with Gasteiger partial charge in [-0.2, -0.15) is 0 Å². The average Bonchev–Trinajstić information content (AvgIpc) is 2.64. The number of nitrogens with one attached hydrogen (secondary N) is 2. The van der Waals surface area contributed by atoms with Gasteiger partial charge >= 0.3 is 0 Å². The molecule has 0 saturated carbocycles. The number of ether oxygens (including phenoxy) is 2. The fourth-order valence-corrected chi connectivity index (χ4v) is 2.62. The Morgan fingerprint density at radius 2 is 1.85 bits per heavy atom. The normalized spacial score (nSPS) is 12.0. The topological polar surface area (TPSA) is 62.8 Å². The monoisotopic (exact) mass is 378 g/mol. The fraction of sp³-hybridized carbons (Fsp3) is 0.400. The van der Waals surface area contributed by atoms with E-state index in [1.165, 1.54) is 0 Å². The van der Waals surface area contributed by atoms with Crippen LogP contribution in [0.1, 0.15) is 18.1 Å². The minimum Gasteiger partial charge on any atom is -0.493 e. The number of aliphatic hydroxyl groups excluding tert-OH is 1. The van der Waals surface area contributed by atoms with E-state index in [4.69, 9.17) is 21.1 Å². The molecule has 142 valence electrons. The van der Waals surface area contributed by atoms with E-state index in [1.807, 2.05) is 42.5 Å². The van der Waals surface area contributed by atoms with Gasteiger partial charge in [0.25, 0.3) is 0 Å². The molecule has 2 aromatic carbocycles. The number of hydrogen-bond donors (Lipinski definition) is 3. The van der Waals surface area contributed by atoms with Gasteiger partial charge < -0.3 is 25.2 Å². The standard InChI is InChI=1S/C20H27ClN2O3/c1-15(24)12-22-9-10-23-13-16-7-8-19(20(11-16)25-2)26-14-17-5-3-4-6-18(17)21/h3-8,11,15,22-24H,9-10,12-14H2,1-2H3. The Morgan fingerprint density at radius 3 is 2.58 bits per heavy atom. The maximum Gasteiger partial charge on any atom is 0.161 e. The van der Waals surface area contributed by atoms with Crippen molar-refractivity contribution in [3.8, 4) is 11.5 Å². The Labute approximate surface area is 160 Å². The molecule has 0 aliphatic rings. The molecule has 5 nitrogen and oxygen atoms in total. The molecule has 3 N–H and O–H groups in total. The zero-order valence-electron chi connectivity index (χ0n) is 15.3. The lowest BCUT2D eigenvalue weighted by Crippen LogP contribution is -2.31. The highest BCUT2D eigenvalue weighted by Gasteiger charge is 2.07. The quantitative estimate of drug-likeness (QED) is 0.525. The van der Waals surface area contributed by atoms with Crippen LogP contribution in [0.5, 0.6) is 11.5 Å². The summed E-state index contributed by atoms with van der Waals surface area (Å²) in [5.74, 6) is 1.39. The van der Waals surface area contributed by atoms with Gasteiger partial charge in [0.1, 0.15) is 6.61 Å². The van der Waals surface area contributed by atoms with Crippen molar-refractivity contribution in [2.75, 3.05) is 26.7 Å². The predicted octanol–water partition coefficient (Wildman–Crippen LogP) is 2.99. The number of benzene rings is 2. The first-order valence-electron chi connectivity index (χ1n) is 8.72. The third kappa shape index (κ3) is 6.84. The molecule has 2 rings (SSSR count). The summed E-state index contributed by atoms with van der Waals surface area (Å²) in [6.07, 6.45) is -0.322. The molecule has 0 radical (unpaired) electrons. The van der Waals surface area contributed by atoms with Gasteiger partial charge in [0, 0.05) is 36.8 Å². The van der Waals surface area contributed by atoms with Crippen molar-refractivity contribution in [3.05, 3.63) is 58.6 Å². The van der Waals surface area contributed by atoms with Crippen LogP contribution < -0.4 is 20.1 Å². The van der Waals surface area contributed by atoms with E-state index in [1.54, 1.807) is 14.0 Å². The molecule has 0 aliphatic carbocycles. The first kappa shape index (κ1) is 20.5. The molecule has 0 heterocycles. The summed E-state index contributed by atoms with van der Waals surface area (Å²) >= 11 is 6.16. The van der Waals surface area contributed by atoms with Gasteiger partial charge in [-0.05, 0) is 30.7 Å². The Morgan fingerprint density at radius 1 is 1.08 bits per heavy atom. The van der Waals surface area contributed by atoms with Crippen molar-refractivity contribution in [1.82, 2.24) is 10.6 Å². The summed E-state index contributed by atoms with van der Waals surface area (Å²) in [4.78, 5) is 0. The van der Waals surface area contributed by atoms with Crippen LogP contribution in [0.4, 0.5) is 0 Å². The molecule has 26 heavy (non-hydrogen) atoms. The second-order valence-electron chi connectivity index (χ2n) is 6.10. The van der Waals surface area contributed by atoms with Crippen LogP contribution in [0.25, 0.3) is 0 Å². The minimum absolute atomic E-state index is 0.322. The van der Waals surface area contributed by atoms with E-state index in [9.17, 15) is 5.11 Å². The molecule has 0 aromatic heterocycles. The molecular formula is C20H27ClN2O3. The van der Waals surface area contributed by atoms with E-state index >= 15 is 0 Å². The van der Waals surface area contributed by atoms with Crippen molar-refractivity contribution in [1.29, 1.82) is 0 Å². The van der Waals surface area contributed by atoms with Crippen LogP contribution in [0.15, 0.2) is 42.5 Å². The van der Waals surface area contributed by atoms with Gasteiger partial charge in [0.2, 0.25) is 0 Å². The van der Waals surface area contributed by atoms with Gasteiger partial charge in [0.05, 0.1) is 13.2 Å². The van der Waals surface area contributed by atoms with Crippen LogP contribution in [0.3, 0.4) is 0 Å². The average molecular weight is 379 g/mol. The smallest absolute Gasteiger partial charge is 0.161 e. The zero-order chi connectivity index (χ0) is 18.8. The molecule has 6 heteroatoms. The van der Waals surface area contributed by atoms with Crippen LogP contribution in [-0.2, 0) is 13.2 Å². The number of methoxy groups -OCH3 is 1. The molecule has 2 aromatic rings. The van der Waals surface area contributed by atoms with Crippen molar-refractivity contribution >= 4 is 11.6 Å². The molecule has 0 saturated heterocycles. The zero-order valence-corrected chi connectivity index (χ0v) is 16.1. The molecule has 1 unspecified atom stereocenters. The number of rotatable bonds is 11. The lowest BCUT2D eigenvalue weighted by atomic mass is 10.2. The number of hydrogen-bond acceptors (Lipinski definition) is 5. The molecule has 0 fully saturated rings. The van der Waals surface area contributed by atoms with E-state index in [0.29, 0.717) is 29.7 Å². The van der Waals surface area contributed by atoms with E-state index < -0.39 is 0 Å². The van der Waals surface area contributed by atoms with Gasteiger partial charge in [-0.25, -0.2) is 0 Å². The fourth-order valence-electron chi connectivity index (χ4n) is 2.43. The van der Waals surface area contributed by atoms with Gasteiger partial charge in [-0.3, -0.25) is 0 Å². The molecule has 0 bridgehead atoms. The largest absolute Gasteiger partial charge is 0.493 e. The Kier molecular flexibility index (Phi) is 8.71. The first-order valence-corrected chi connectivity index (χ1v) is 9.10. The van der Waals surface area contributed by atoms with E-state index in [2.05, 4.69) is 10.6 Å². The highest BCUT2D eigenvalue weighted by Crippen LogP contribution is 2.29. The third-order valence-electron chi connectivity index (χ3n) is 3.82. The van der Waals surface area contributed by atoms with Crippen LogP contribution >= 0.6 is 11.6 Å². The lowest BCUT2D eigenvalue weighted by molar-refractivity contribution is 0.191. The van der Waals surface area contributed by atoms with E-state index in [-0.39, 0.29) is 6.10 Å². The molecular weight excluding hydrogens is 352 g/mol. The molecule has 0 amide bonds. The Bertz CT molecular complexity index is 680. The van der Waals surface area contributed by atoms with Crippen molar-refractivity contribution in [2.24, 2.45) is 0 Å². The number of halogens is 1. The third-order valence-corrected chi connectivity index (χ3v) is 4.19. The molecule has 0 spiro atoms. The van der Waals surface area contributed by atoms with Gasteiger partial charge in [0.15, 0.2) is 11.5 Å². The summed E-state index contributed by atoms with van der Waals surface area (Å²) in [6.45, 7) is 5.12. The lowest BCUT2D eigenvalue weighted by Gasteiger charge is -2.13. The predicted molar refractivity (Wildman–Crippen MR) is 105 cm³/mol. The van der Waals surface area contributed by atoms with E-state index in [0.717, 1.165) is 30.8 Å². The van der Waals surface area contributed by atoms with Crippen molar-refractivity contribution in [3.63, 3.8) is 0 Å². The van der Waals surface area contributed by atoms with Crippen LogP contribution in [0.2, 0.25) is 5.02 Å². The summed E-state index contributed by atoms with van der Waals surface area (Å²) in [7, 11) is 1.63. The Balaban J connectivity index is 1.83. The second-order valence-corrected chi connectivity index (χ2v) is 6.50. The van der Waals surface area contributed by atoms with Gasteiger partial charge in [-0.1, -0.05) is 35.9 Å². The summed E-state index contributed by atoms with van der Waals surface area (Å²) in [5.41, 5.74) is 2.05. The minimum atomic E-state index is -0.322. The van der Waals surface area contributed by atoms with Crippen molar-refractivity contribution in [2.45, 2.75) is 26.2 Å². The van der Waals surface area contributed by atoms with Gasteiger partial charge in [-0.15, -0.1) is 0 Å². The number of aliphatic hydroxyl groups is 1.